The Morgan fingerprint density at radius 3 is 2.67 bits per heavy atom. The second-order valence-corrected chi connectivity index (χ2v) is 2.87. The number of rotatable bonds is 3. The molecular weight excluding hydrogens is 148 g/mol. The molecule has 1 heteroatoms. The minimum atomic E-state index is 0.656. The van der Waals surface area contributed by atoms with E-state index in [0.717, 1.165) is 5.57 Å². The average Bonchev–Trinajstić information content (AvgIpc) is 2.05. The lowest BCUT2D eigenvalue weighted by Crippen LogP contribution is -1.92. The highest BCUT2D eigenvalue weighted by atomic mass is 16.5. The van der Waals surface area contributed by atoms with Gasteiger partial charge in [0.15, 0.2) is 0 Å². The van der Waals surface area contributed by atoms with E-state index < -0.39 is 0 Å². The van der Waals surface area contributed by atoms with Crippen molar-refractivity contribution in [2.45, 2.75) is 13.5 Å². The Labute approximate surface area is 73.7 Å². The molecule has 0 bridgehead atoms. The summed E-state index contributed by atoms with van der Waals surface area (Å²) < 4.78 is 5.08. The Bertz CT molecular complexity index is 276. The van der Waals surface area contributed by atoms with Crippen LogP contribution in [-0.2, 0) is 11.3 Å². The van der Waals surface area contributed by atoms with Crippen LogP contribution in [0.3, 0.4) is 0 Å². The second-order valence-electron chi connectivity index (χ2n) is 2.87. The number of allylic oxidation sites excluding steroid dienone is 1. The third kappa shape index (κ3) is 1.95. The van der Waals surface area contributed by atoms with E-state index in [1.807, 2.05) is 19.1 Å². The standard InChI is InChI=1S/C11H14O/c1-9(2)11-7-5-4-6-10(11)8-12-3/h4-7H,1,8H2,2-3H3. The normalized spacial score (nSPS) is 9.83. The quantitative estimate of drug-likeness (QED) is 0.664. The zero-order valence-corrected chi connectivity index (χ0v) is 7.63. The molecule has 0 fully saturated rings. The predicted molar refractivity (Wildman–Crippen MR) is 51.9 cm³/mol. The van der Waals surface area contributed by atoms with Gasteiger partial charge < -0.3 is 4.74 Å². The summed E-state index contributed by atoms with van der Waals surface area (Å²) in [6.07, 6.45) is 0. The van der Waals surface area contributed by atoms with Gasteiger partial charge in [-0.15, -0.1) is 0 Å². The third-order valence-electron chi connectivity index (χ3n) is 1.78. The van der Waals surface area contributed by atoms with E-state index in [-0.39, 0.29) is 0 Å². The number of methoxy groups -OCH3 is 1. The highest BCUT2D eigenvalue weighted by Crippen LogP contribution is 2.17. The monoisotopic (exact) mass is 162 g/mol. The summed E-state index contributed by atoms with van der Waals surface area (Å²) in [5.41, 5.74) is 3.48. The van der Waals surface area contributed by atoms with E-state index >= 15 is 0 Å². The first-order valence-electron chi connectivity index (χ1n) is 3.98. The van der Waals surface area contributed by atoms with Crippen molar-refractivity contribution in [1.82, 2.24) is 0 Å². The van der Waals surface area contributed by atoms with Gasteiger partial charge in [0.2, 0.25) is 0 Å². The van der Waals surface area contributed by atoms with E-state index in [4.69, 9.17) is 4.74 Å². The van der Waals surface area contributed by atoms with Gasteiger partial charge in [-0.25, -0.2) is 0 Å². The van der Waals surface area contributed by atoms with Crippen molar-refractivity contribution in [3.8, 4) is 0 Å². The summed E-state index contributed by atoms with van der Waals surface area (Å²) in [5.74, 6) is 0. The van der Waals surface area contributed by atoms with Gasteiger partial charge >= 0.3 is 0 Å². The van der Waals surface area contributed by atoms with Crippen molar-refractivity contribution in [3.05, 3.63) is 42.0 Å². The summed E-state index contributed by atoms with van der Waals surface area (Å²) >= 11 is 0. The van der Waals surface area contributed by atoms with E-state index in [2.05, 4.69) is 18.7 Å². The van der Waals surface area contributed by atoms with Crippen molar-refractivity contribution in [3.63, 3.8) is 0 Å². The molecule has 64 valence electrons. The van der Waals surface area contributed by atoms with Crippen LogP contribution in [0.25, 0.3) is 5.57 Å². The molecule has 0 heterocycles. The summed E-state index contributed by atoms with van der Waals surface area (Å²) in [6.45, 7) is 6.58. The molecule has 0 radical (unpaired) electrons. The molecule has 0 saturated heterocycles. The van der Waals surface area contributed by atoms with Crippen molar-refractivity contribution >= 4 is 5.57 Å². The fourth-order valence-electron chi connectivity index (χ4n) is 1.22. The van der Waals surface area contributed by atoms with Crippen LogP contribution in [0.4, 0.5) is 0 Å². The van der Waals surface area contributed by atoms with Gasteiger partial charge in [0, 0.05) is 7.11 Å². The van der Waals surface area contributed by atoms with Crippen LogP contribution in [0, 0.1) is 0 Å². The van der Waals surface area contributed by atoms with Gasteiger partial charge in [0.25, 0.3) is 0 Å². The molecule has 1 rings (SSSR count). The molecule has 0 aromatic heterocycles. The maximum absolute atomic E-state index is 5.08. The first-order valence-corrected chi connectivity index (χ1v) is 3.98. The molecular formula is C11H14O. The fourth-order valence-corrected chi connectivity index (χ4v) is 1.22. The lowest BCUT2D eigenvalue weighted by Gasteiger charge is -2.07. The molecule has 0 unspecified atom stereocenters. The maximum Gasteiger partial charge on any atom is 0.0718 e. The van der Waals surface area contributed by atoms with Crippen LogP contribution in [0.15, 0.2) is 30.8 Å². The number of hydrogen-bond acceptors (Lipinski definition) is 1. The zero-order valence-electron chi connectivity index (χ0n) is 7.63. The van der Waals surface area contributed by atoms with Crippen LogP contribution in [0.5, 0.6) is 0 Å². The van der Waals surface area contributed by atoms with Crippen LogP contribution >= 0.6 is 0 Å². The van der Waals surface area contributed by atoms with Gasteiger partial charge in [0.1, 0.15) is 0 Å². The smallest absolute Gasteiger partial charge is 0.0718 e. The Hall–Kier alpha value is -1.08. The minimum Gasteiger partial charge on any atom is -0.380 e. The highest BCUT2D eigenvalue weighted by Gasteiger charge is 2.00. The molecule has 0 aliphatic rings. The van der Waals surface area contributed by atoms with Crippen molar-refractivity contribution in [2.24, 2.45) is 0 Å². The Morgan fingerprint density at radius 2 is 2.08 bits per heavy atom. The van der Waals surface area contributed by atoms with Gasteiger partial charge in [0.05, 0.1) is 6.61 Å². The lowest BCUT2D eigenvalue weighted by atomic mass is 10.0. The predicted octanol–water partition coefficient (Wildman–Crippen LogP) is 2.87. The molecule has 0 N–H and O–H groups in total. The molecule has 0 amide bonds. The van der Waals surface area contributed by atoms with Crippen LogP contribution < -0.4 is 0 Å². The summed E-state index contributed by atoms with van der Waals surface area (Å²) in [6, 6.07) is 8.16. The van der Waals surface area contributed by atoms with E-state index in [0.29, 0.717) is 6.61 Å². The van der Waals surface area contributed by atoms with Crippen LogP contribution in [0.2, 0.25) is 0 Å². The molecule has 0 saturated carbocycles. The van der Waals surface area contributed by atoms with Crippen LogP contribution in [0.1, 0.15) is 18.1 Å². The van der Waals surface area contributed by atoms with E-state index in [1.54, 1.807) is 7.11 Å². The summed E-state index contributed by atoms with van der Waals surface area (Å²) in [4.78, 5) is 0. The first-order chi connectivity index (χ1) is 5.75. The van der Waals surface area contributed by atoms with Crippen molar-refractivity contribution in [2.75, 3.05) is 7.11 Å². The topological polar surface area (TPSA) is 9.23 Å². The van der Waals surface area contributed by atoms with Gasteiger partial charge in [-0.05, 0) is 18.1 Å². The second kappa shape index (κ2) is 4.07. The molecule has 0 spiro atoms. The average molecular weight is 162 g/mol. The molecule has 1 aromatic carbocycles. The SMILES string of the molecule is C=C(C)c1ccccc1COC. The molecule has 12 heavy (non-hydrogen) atoms. The van der Waals surface area contributed by atoms with Gasteiger partial charge in [-0.3, -0.25) is 0 Å². The van der Waals surface area contributed by atoms with Gasteiger partial charge in [-0.2, -0.15) is 0 Å². The zero-order chi connectivity index (χ0) is 8.97. The summed E-state index contributed by atoms with van der Waals surface area (Å²) in [7, 11) is 1.70. The Balaban J connectivity index is 3.00. The largest absolute Gasteiger partial charge is 0.380 e. The summed E-state index contributed by atoms with van der Waals surface area (Å²) in [5, 5.41) is 0. The minimum absolute atomic E-state index is 0.656. The van der Waals surface area contributed by atoms with Gasteiger partial charge in [-0.1, -0.05) is 36.4 Å². The van der Waals surface area contributed by atoms with Crippen molar-refractivity contribution in [1.29, 1.82) is 0 Å². The van der Waals surface area contributed by atoms with E-state index in [1.165, 1.54) is 11.1 Å². The molecule has 1 aromatic rings. The number of hydrogen-bond donors (Lipinski definition) is 0. The van der Waals surface area contributed by atoms with Crippen molar-refractivity contribution < 1.29 is 4.74 Å². The maximum atomic E-state index is 5.08. The van der Waals surface area contributed by atoms with Crippen LogP contribution in [-0.4, -0.2) is 7.11 Å². The molecule has 0 aliphatic carbocycles. The number of benzene rings is 1. The Kier molecular flexibility index (Phi) is 3.06. The molecule has 1 nitrogen and oxygen atoms in total. The van der Waals surface area contributed by atoms with E-state index in [9.17, 15) is 0 Å². The number of ether oxygens (including phenoxy) is 1. The Morgan fingerprint density at radius 1 is 1.42 bits per heavy atom. The highest BCUT2D eigenvalue weighted by molar-refractivity contribution is 5.64. The lowest BCUT2D eigenvalue weighted by molar-refractivity contribution is 0.184. The fraction of sp³-hybridized carbons (Fsp3) is 0.273. The molecule has 0 atom stereocenters. The first kappa shape index (κ1) is 9.01. The third-order valence-corrected chi connectivity index (χ3v) is 1.78. The molecule has 0 aliphatic heterocycles.